The fourth-order valence-electron chi connectivity index (χ4n) is 1.62. The molecule has 2 aromatic rings. The largest absolute Gasteiger partial charge is 0.469 e. The zero-order chi connectivity index (χ0) is 13.5. The van der Waals surface area contributed by atoms with Gasteiger partial charge in [0.15, 0.2) is 0 Å². The minimum Gasteiger partial charge on any atom is -0.469 e. The van der Waals surface area contributed by atoms with Gasteiger partial charge in [0.05, 0.1) is 13.5 Å². The van der Waals surface area contributed by atoms with E-state index in [1.807, 2.05) is 30.5 Å². The SMILES string of the molecule is COC(=O)Cc1cncc(SCc2ccccc2)c1. The van der Waals surface area contributed by atoms with Crippen molar-refractivity contribution in [2.75, 3.05) is 7.11 Å². The van der Waals surface area contributed by atoms with Crippen LogP contribution < -0.4 is 0 Å². The standard InChI is InChI=1S/C15H15NO2S/c1-18-15(17)8-13-7-14(10-16-9-13)19-11-12-5-3-2-4-6-12/h2-7,9-10H,8,11H2,1H3. The number of esters is 1. The summed E-state index contributed by atoms with van der Waals surface area (Å²) in [7, 11) is 1.39. The van der Waals surface area contributed by atoms with Gasteiger partial charge >= 0.3 is 5.97 Å². The minimum absolute atomic E-state index is 0.244. The number of nitrogens with zero attached hydrogens (tertiary/aromatic N) is 1. The first kappa shape index (κ1) is 13.6. The van der Waals surface area contributed by atoms with Crippen LogP contribution in [0, 0.1) is 0 Å². The summed E-state index contributed by atoms with van der Waals surface area (Å²) in [5.74, 6) is 0.650. The molecule has 0 aliphatic carbocycles. The van der Waals surface area contributed by atoms with Crippen molar-refractivity contribution in [3.8, 4) is 0 Å². The van der Waals surface area contributed by atoms with Crippen LogP contribution in [-0.4, -0.2) is 18.1 Å². The third kappa shape index (κ3) is 4.41. The second-order valence-corrected chi connectivity index (χ2v) is 5.10. The van der Waals surface area contributed by atoms with Gasteiger partial charge in [-0.15, -0.1) is 11.8 Å². The topological polar surface area (TPSA) is 39.2 Å². The summed E-state index contributed by atoms with van der Waals surface area (Å²) < 4.78 is 4.65. The van der Waals surface area contributed by atoms with Crippen molar-refractivity contribution >= 4 is 17.7 Å². The second-order valence-electron chi connectivity index (χ2n) is 4.06. The Morgan fingerprint density at radius 2 is 2.00 bits per heavy atom. The molecule has 0 spiro atoms. The van der Waals surface area contributed by atoms with E-state index in [9.17, 15) is 4.79 Å². The molecule has 0 radical (unpaired) electrons. The number of hydrogen-bond donors (Lipinski definition) is 0. The minimum atomic E-state index is -0.244. The van der Waals surface area contributed by atoms with Gasteiger partial charge in [0, 0.05) is 23.0 Å². The van der Waals surface area contributed by atoms with Gasteiger partial charge in [-0.25, -0.2) is 0 Å². The van der Waals surface area contributed by atoms with Gasteiger partial charge in [-0.2, -0.15) is 0 Å². The number of hydrogen-bond acceptors (Lipinski definition) is 4. The molecule has 0 N–H and O–H groups in total. The molecule has 0 fully saturated rings. The molecular formula is C15H15NO2S. The number of pyridine rings is 1. The number of ether oxygens (including phenoxy) is 1. The zero-order valence-electron chi connectivity index (χ0n) is 10.7. The molecule has 1 aromatic carbocycles. The fraction of sp³-hybridized carbons (Fsp3) is 0.200. The molecule has 4 heteroatoms. The van der Waals surface area contributed by atoms with Crippen LogP contribution in [0.25, 0.3) is 0 Å². The monoisotopic (exact) mass is 273 g/mol. The highest BCUT2D eigenvalue weighted by molar-refractivity contribution is 7.98. The highest BCUT2D eigenvalue weighted by Gasteiger charge is 2.04. The van der Waals surface area contributed by atoms with Crippen LogP contribution in [0.5, 0.6) is 0 Å². The first-order valence-corrected chi connectivity index (χ1v) is 6.94. The molecule has 0 saturated carbocycles. The molecule has 1 aromatic heterocycles. The van der Waals surface area contributed by atoms with Crippen LogP contribution in [0.3, 0.4) is 0 Å². The molecule has 0 amide bonds. The molecule has 0 aliphatic rings. The maximum atomic E-state index is 11.2. The Hall–Kier alpha value is -1.81. The third-order valence-electron chi connectivity index (χ3n) is 2.59. The summed E-state index contributed by atoms with van der Waals surface area (Å²) in [6, 6.07) is 12.2. The smallest absolute Gasteiger partial charge is 0.310 e. The lowest BCUT2D eigenvalue weighted by atomic mass is 10.2. The molecule has 98 valence electrons. The number of methoxy groups -OCH3 is 1. The van der Waals surface area contributed by atoms with Crippen molar-refractivity contribution in [1.29, 1.82) is 0 Å². The van der Waals surface area contributed by atoms with E-state index in [4.69, 9.17) is 0 Å². The van der Waals surface area contributed by atoms with Crippen molar-refractivity contribution in [3.05, 3.63) is 59.9 Å². The predicted molar refractivity (Wildman–Crippen MR) is 76.0 cm³/mol. The van der Waals surface area contributed by atoms with Crippen molar-refractivity contribution < 1.29 is 9.53 Å². The summed E-state index contributed by atoms with van der Waals surface area (Å²) in [5.41, 5.74) is 2.15. The van der Waals surface area contributed by atoms with Crippen LogP contribution >= 0.6 is 11.8 Å². The summed E-state index contributed by atoms with van der Waals surface area (Å²) in [4.78, 5) is 16.4. The van der Waals surface area contributed by atoms with E-state index in [2.05, 4.69) is 21.9 Å². The highest BCUT2D eigenvalue weighted by Crippen LogP contribution is 2.22. The van der Waals surface area contributed by atoms with Gasteiger partial charge in [-0.1, -0.05) is 30.3 Å². The lowest BCUT2D eigenvalue weighted by molar-refractivity contribution is -0.139. The lowest BCUT2D eigenvalue weighted by Gasteiger charge is -2.04. The van der Waals surface area contributed by atoms with E-state index < -0.39 is 0 Å². The third-order valence-corrected chi connectivity index (χ3v) is 3.63. The van der Waals surface area contributed by atoms with E-state index in [0.717, 1.165) is 16.2 Å². The molecule has 0 aliphatic heterocycles. The molecule has 1 heterocycles. The number of rotatable bonds is 5. The molecule has 0 unspecified atom stereocenters. The molecule has 19 heavy (non-hydrogen) atoms. The Kier molecular flexibility index (Phi) is 4.98. The number of carbonyl (C=O) groups is 1. The maximum absolute atomic E-state index is 11.2. The van der Waals surface area contributed by atoms with Gasteiger partial charge < -0.3 is 4.74 Å². The summed E-state index contributed by atoms with van der Waals surface area (Å²) in [6.45, 7) is 0. The van der Waals surface area contributed by atoms with Crippen LogP contribution in [-0.2, 0) is 21.7 Å². The predicted octanol–water partition coefficient (Wildman–Crippen LogP) is 3.09. The van der Waals surface area contributed by atoms with Gasteiger partial charge in [0.25, 0.3) is 0 Å². The average Bonchev–Trinajstić information content (AvgIpc) is 2.46. The highest BCUT2D eigenvalue weighted by atomic mass is 32.2. The van der Waals surface area contributed by atoms with Crippen molar-refractivity contribution in [1.82, 2.24) is 4.98 Å². The Morgan fingerprint density at radius 3 is 2.74 bits per heavy atom. The number of thioether (sulfide) groups is 1. The molecular weight excluding hydrogens is 258 g/mol. The normalized spacial score (nSPS) is 10.2. The van der Waals surface area contributed by atoms with Crippen molar-refractivity contribution in [2.45, 2.75) is 17.1 Å². The summed E-state index contributed by atoms with van der Waals surface area (Å²) in [6.07, 6.45) is 3.78. The Balaban J connectivity index is 1.97. The van der Waals surface area contributed by atoms with E-state index in [0.29, 0.717) is 0 Å². The Labute approximate surface area is 117 Å². The maximum Gasteiger partial charge on any atom is 0.310 e. The van der Waals surface area contributed by atoms with Crippen LogP contribution in [0.2, 0.25) is 0 Å². The van der Waals surface area contributed by atoms with Crippen molar-refractivity contribution in [3.63, 3.8) is 0 Å². The van der Waals surface area contributed by atoms with E-state index in [1.165, 1.54) is 12.7 Å². The molecule has 0 saturated heterocycles. The first-order valence-electron chi connectivity index (χ1n) is 5.95. The summed E-state index contributed by atoms with van der Waals surface area (Å²) in [5, 5.41) is 0. The lowest BCUT2D eigenvalue weighted by Crippen LogP contribution is -2.04. The van der Waals surface area contributed by atoms with Gasteiger partial charge in [-0.05, 0) is 17.2 Å². The Bertz CT molecular complexity index is 543. The number of aromatic nitrogens is 1. The fourth-order valence-corrected chi connectivity index (χ4v) is 2.51. The number of carbonyl (C=O) groups excluding carboxylic acids is 1. The average molecular weight is 273 g/mol. The van der Waals surface area contributed by atoms with Crippen molar-refractivity contribution in [2.24, 2.45) is 0 Å². The molecule has 0 atom stereocenters. The Morgan fingerprint density at radius 1 is 1.21 bits per heavy atom. The first-order chi connectivity index (χ1) is 9.28. The van der Waals surface area contributed by atoms with Gasteiger partial charge in [0.1, 0.15) is 0 Å². The summed E-state index contributed by atoms with van der Waals surface area (Å²) >= 11 is 1.71. The molecule has 0 bridgehead atoms. The van der Waals surface area contributed by atoms with E-state index >= 15 is 0 Å². The van der Waals surface area contributed by atoms with E-state index in [-0.39, 0.29) is 12.4 Å². The van der Waals surface area contributed by atoms with E-state index in [1.54, 1.807) is 18.0 Å². The van der Waals surface area contributed by atoms with Crippen LogP contribution in [0.15, 0.2) is 53.7 Å². The van der Waals surface area contributed by atoms with Gasteiger partial charge in [-0.3, -0.25) is 9.78 Å². The van der Waals surface area contributed by atoms with Crippen LogP contribution in [0.1, 0.15) is 11.1 Å². The quantitative estimate of drug-likeness (QED) is 0.620. The van der Waals surface area contributed by atoms with Crippen LogP contribution in [0.4, 0.5) is 0 Å². The molecule has 3 nitrogen and oxygen atoms in total. The van der Waals surface area contributed by atoms with Gasteiger partial charge in [0.2, 0.25) is 0 Å². The zero-order valence-corrected chi connectivity index (χ0v) is 11.5. The molecule has 2 rings (SSSR count). The second kappa shape index (κ2) is 6.95. The number of benzene rings is 1.